The van der Waals surface area contributed by atoms with E-state index in [4.69, 9.17) is 4.52 Å². The van der Waals surface area contributed by atoms with Crippen molar-refractivity contribution in [3.05, 3.63) is 45.5 Å². The number of pyridine rings is 1. The van der Waals surface area contributed by atoms with Gasteiger partial charge in [0.15, 0.2) is 11.2 Å². The van der Waals surface area contributed by atoms with Gasteiger partial charge in [0.25, 0.3) is 5.91 Å². The maximum absolute atomic E-state index is 14.0. The summed E-state index contributed by atoms with van der Waals surface area (Å²) in [6.45, 7) is 1.07. The number of aromatic amines is 1. The molecule has 2 aromatic heterocycles. The molecule has 0 radical (unpaired) electrons. The minimum Gasteiger partial charge on any atom is -0.338 e. The lowest BCUT2D eigenvalue weighted by atomic mass is 9.86. The predicted octanol–water partition coefficient (Wildman–Crippen LogP) is 2.54. The quantitative estimate of drug-likeness (QED) is 0.858. The van der Waals surface area contributed by atoms with Crippen molar-refractivity contribution < 1.29 is 22.5 Å². The molecule has 0 aromatic carbocycles. The highest BCUT2D eigenvalue weighted by atomic mass is 19.4. The molecule has 0 spiro atoms. The van der Waals surface area contributed by atoms with Crippen molar-refractivity contribution in [1.29, 1.82) is 0 Å². The van der Waals surface area contributed by atoms with E-state index < -0.39 is 35.5 Å². The lowest BCUT2D eigenvalue weighted by Gasteiger charge is -2.28. The fourth-order valence-corrected chi connectivity index (χ4v) is 3.54. The van der Waals surface area contributed by atoms with E-state index in [1.807, 2.05) is 0 Å². The molecular weight excluding hydrogens is 377 g/mol. The third-order valence-corrected chi connectivity index (χ3v) is 5.42. The summed E-state index contributed by atoms with van der Waals surface area (Å²) < 4.78 is 47.1. The predicted molar refractivity (Wildman–Crippen MR) is 91.0 cm³/mol. The summed E-state index contributed by atoms with van der Waals surface area (Å²) in [6, 6.07) is 2.60. The van der Waals surface area contributed by atoms with Crippen molar-refractivity contribution in [2.75, 3.05) is 13.1 Å². The first-order valence-electron chi connectivity index (χ1n) is 9.17. The van der Waals surface area contributed by atoms with Gasteiger partial charge < -0.3 is 14.4 Å². The van der Waals surface area contributed by atoms with E-state index in [1.165, 1.54) is 6.07 Å². The number of aryl methyl sites for hydroxylation is 1. The zero-order valence-electron chi connectivity index (χ0n) is 15.2. The number of nitrogens with one attached hydrogen (secondary N) is 1. The summed E-state index contributed by atoms with van der Waals surface area (Å²) in [5, 5.41) is 3.71. The molecule has 2 aromatic rings. The number of hydrogen-bond donors (Lipinski definition) is 1. The molecule has 28 heavy (non-hydrogen) atoms. The molecule has 2 aliphatic rings. The lowest BCUT2D eigenvalue weighted by molar-refractivity contribution is -0.193. The summed E-state index contributed by atoms with van der Waals surface area (Å²) in [7, 11) is 0. The number of hydrogen-bond acceptors (Lipinski definition) is 5. The van der Waals surface area contributed by atoms with Crippen LogP contribution in [0.5, 0.6) is 0 Å². The van der Waals surface area contributed by atoms with Crippen LogP contribution in [-0.4, -0.2) is 45.2 Å². The third-order valence-electron chi connectivity index (χ3n) is 5.42. The number of halogens is 3. The molecule has 1 unspecified atom stereocenters. The number of likely N-dealkylation sites (tertiary alicyclic amines) is 1. The molecule has 150 valence electrons. The SMILES string of the molecule is CCc1cc(C(=O)N2CCC(c3nc(C4CC4)no3)(C(F)(F)F)C2)cc(=O)[nH]1. The van der Waals surface area contributed by atoms with Crippen LogP contribution in [0, 0.1) is 0 Å². The molecule has 1 amide bonds. The standard InChI is InChI=1S/C18H19F3N4O3/c1-2-12-7-11(8-13(26)22-12)15(27)25-6-5-17(9-25,18(19,20)21)16-23-14(24-28-16)10-3-4-10/h7-8,10H,2-6,9H2,1H3,(H,22,26). The Morgan fingerprint density at radius 2 is 2.14 bits per heavy atom. The van der Waals surface area contributed by atoms with E-state index in [9.17, 15) is 22.8 Å². The van der Waals surface area contributed by atoms with Crippen molar-refractivity contribution in [2.24, 2.45) is 0 Å². The van der Waals surface area contributed by atoms with Crippen molar-refractivity contribution in [3.8, 4) is 0 Å². The second-order valence-corrected chi connectivity index (χ2v) is 7.40. The third kappa shape index (κ3) is 3.10. The first-order chi connectivity index (χ1) is 13.2. The normalized spacial score (nSPS) is 22.6. The molecule has 1 atom stereocenters. The Morgan fingerprint density at radius 3 is 2.79 bits per heavy atom. The van der Waals surface area contributed by atoms with E-state index in [2.05, 4.69) is 15.1 Å². The average molecular weight is 396 g/mol. The Morgan fingerprint density at radius 1 is 1.39 bits per heavy atom. The number of carbonyl (C=O) groups excluding carboxylic acids is 1. The van der Waals surface area contributed by atoms with E-state index in [-0.39, 0.29) is 24.4 Å². The van der Waals surface area contributed by atoms with Crippen LogP contribution in [0.15, 0.2) is 21.5 Å². The highest BCUT2D eigenvalue weighted by Crippen LogP contribution is 2.48. The van der Waals surface area contributed by atoms with Crippen LogP contribution in [0.25, 0.3) is 0 Å². The highest BCUT2D eigenvalue weighted by Gasteiger charge is 2.63. The van der Waals surface area contributed by atoms with Crippen LogP contribution >= 0.6 is 0 Å². The van der Waals surface area contributed by atoms with E-state index in [1.54, 1.807) is 6.92 Å². The van der Waals surface area contributed by atoms with Crippen LogP contribution in [-0.2, 0) is 11.8 Å². The number of nitrogens with zero attached hydrogens (tertiary/aromatic N) is 3. The largest absolute Gasteiger partial charge is 0.405 e. The van der Waals surface area contributed by atoms with Gasteiger partial charge >= 0.3 is 6.18 Å². The Hall–Kier alpha value is -2.65. The molecule has 7 nitrogen and oxygen atoms in total. The van der Waals surface area contributed by atoms with Gasteiger partial charge in [-0.25, -0.2) is 0 Å². The molecule has 1 N–H and O–H groups in total. The fourth-order valence-electron chi connectivity index (χ4n) is 3.54. The number of amides is 1. The smallest absolute Gasteiger partial charge is 0.338 e. The Balaban J connectivity index is 1.64. The van der Waals surface area contributed by atoms with Gasteiger partial charge in [-0.05, 0) is 31.7 Å². The first-order valence-corrected chi connectivity index (χ1v) is 9.17. The second kappa shape index (κ2) is 6.46. The second-order valence-electron chi connectivity index (χ2n) is 7.40. The molecule has 1 saturated heterocycles. The van der Waals surface area contributed by atoms with Crippen molar-refractivity contribution in [2.45, 2.75) is 50.1 Å². The molecule has 1 saturated carbocycles. The van der Waals surface area contributed by atoms with Crippen LogP contribution in [0.4, 0.5) is 13.2 Å². The topological polar surface area (TPSA) is 92.1 Å². The molecule has 10 heteroatoms. The molecule has 2 fully saturated rings. The Kier molecular flexibility index (Phi) is 4.31. The average Bonchev–Trinajstić information content (AvgIpc) is 3.19. The molecule has 3 heterocycles. The van der Waals surface area contributed by atoms with Gasteiger partial charge in [0, 0.05) is 36.3 Å². The van der Waals surface area contributed by atoms with Gasteiger partial charge in [-0.2, -0.15) is 18.2 Å². The van der Waals surface area contributed by atoms with Crippen LogP contribution < -0.4 is 5.56 Å². The Bertz CT molecular complexity index is 963. The summed E-state index contributed by atoms with van der Waals surface area (Å²) in [4.78, 5) is 32.2. The zero-order chi connectivity index (χ0) is 20.1. The summed E-state index contributed by atoms with van der Waals surface area (Å²) >= 11 is 0. The molecule has 0 bridgehead atoms. The van der Waals surface area contributed by atoms with Crippen LogP contribution in [0.2, 0.25) is 0 Å². The van der Waals surface area contributed by atoms with E-state index in [0.717, 1.165) is 23.8 Å². The van der Waals surface area contributed by atoms with Gasteiger partial charge in [0.2, 0.25) is 11.4 Å². The fraction of sp³-hybridized carbons (Fsp3) is 0.556. The molecule has 1 aliphatic heterocycles. The minimum absolute atomic E-state index is 0.0606. The monoisotopic (exact) mass is 396 g/mol. The number of alkyl halides is 3. The summed E-state index contributed by atoms with van der Waals surface area (Å²) in [5.74, 6) is -0.748. The van der Waals surface area contributed by atoms with Gasteiger partial charge in [-0.15, -0.1) is 0 Å². The van der Waals surface area contributed by atoms with Crippen molar-refractivity contribution >= 4 is 5.91 Å². The van der Waals surface area contributed by atoms with Crippen LogP contribution in [0.1, 0.15) is 59.9 Å². The van der Waals surface area contributed by atoms with Crippen molar-refractivity contribution in [3.63, 3.8) is 0 Å². The molecular formula is C18H19F3N4O3. The first kappa shape index (κ1) is 18.7. The number of carbonyl (C=O) groups is 1. The maximum Gasteiger partial charge on any atom is 0.405 e. The minimum atomic E-state index is -4.65. The number of aromatic nitrogens is 3. The number of H-pyrrole nitrogens is 1. The van der Waals surface area contributed by atoms with E-state index >= 15 is 0 Å². The van der Waals surface area contributed by atoms with Crippen molar-refractivity contribution in [1.82, 2.24) is 20.0 Å². The maximum atomic E-state index is 14.0. The van der Waals surface area contributed by atoms with Gasteiger partial charge in [0.1, 0.15) is 0 Å². The van der Waals surface area contributed by atoms with Gasteiger partial charge in [0.05, 0.1) is 0 Å². The summed E-state index contributed by atoms with van der Waals surface area (Å²) in [6.07, 6.45) is -2.85. The molecule has 1 aliphatic carbocycles. The van der Waals surface area contributed by atoms with Gasteiger partial charge in [-0.3, -0.25) is 9.59 Å². The summed E-state index contributed by atoms with van der Waals surface area (Å²) in [5.41, 5.74) is -2.24. The lowest BCUT2D eigenvalue weighted by Crippen LogP contribution is -2.46. The van der Waals surface area contributed by atoms with Gasteiger partial charge in [-0.1, -0.05) is 12.1 Å². The zero-order valence-corrected chi connectivity index (χ0v) is 15.2. The van der Waals surface area contributed by atoms with Crippen LogP contribution in [0.3, 0.4) is 0 Å². The highest BCUT2D eigenvalue weighted by molar-refractivity contribution is 5.94. The Labute approximate surface area is 157 Å². The molecule has 4 rings (SSSR count). The number of rotatable bonds is 4. The van der Waals surface area contributed by atoms with E-state index in [0.29, 0.717) is 17.9 Å².